The van der Waals surface area contributed by atoms with E-state index in [-0.39, 0.29) is 5.97 Å². The molecule has 104 valence electrons. The fourth-order valence-corrected chi connectivity index (χ4v) is 1.52. The minimum absolute atomic E-state index is 0.164. The second kappa shape index (κ2) is 9.16. The van der Waals surface area contributed by atoms with Crippen LogP contribution in [0.25, 0.3) is 0 Å². The Morgan fingerprint density at radius 3 is 2.74 bits per heavy atom. The standard InChI is InChI=1S/C15H21NO3/c1-3-11-19-14-7-5-13(6-8-14)12-16-10-9-15(17)18-4-2/h3,5-8,16H,1,4,9-12H2,2H3. The van der Waals surface area contributed by atoms with Crippen molar-refractivity contribution in [1.82, 2.24) is 5.32 Å². The van der Waals surface area contributed by atoms with Gasteiger partial charge in [0.25, 0.3) is 0 Å². The van der Waals surface area contributed by atoms with Gasteiger partial charge >= 0.3 is 5.97 Å². The van der Waals surface area contributed by atoms with Crippen molar-refractivity contribution in [3.8, 4) is 5.75 Å². The van der Waals surface area contributed by atoms with E-state index in [4.69, 9.17) is 9.47 Å². The summed E-state index contributed by atoms with van der Waals surface area (Å²) >= 11 is 0. The van der Waals surface area contributed by atoms with Gasteiger partial charge in [0, 0.05) is 13.1 Å². The van der Waals surface area contributed by atoms with E-state index in [1.807, 2.05) is 24.3 Å². The Morgan fingerprint density at radius 2 is 2.11 bits per heavy atom. The minimum Gasteiger partial charge on any atom is -0.490 e. The van der Waals surface area contributed by atoms with Gasteiger partial charge in [0.1, 0.15) is 12.4 Å². The second-order valence-corrected chi connectivity index (χ2v) is 3.98. The van der Waals surface area contributed by atoms with E-state index in [0.29, 0.717) is 26.2 Å². The van der Waals surface area contributed by atoms with E-state index in [9.17, 15) is 4.79 Å². The molecule has 0 bridgehead atoms. The molecule has 4 nitrogen and oxygen atoms in total. The van der Waals surface area contributed by atoms with Crippen LogP contribution in [0.2, 0.25) is 0 Å². The molecule has 0 amide bonds. The van der Waals surface area contributed by atoms with Gasteiger partial charge in [-0.25, -0.2) is 0 Å². The molecule has 0 radical (unpaired) electrons. The van der Waals surface area contributed by atoms with Gasteiger partial charge < -0.3 is 14.8 Å². The number of carbonyl (C=O) groups is 1. The van der Waals surface area contributed by atoms with E-state index in [1.165, 1.54) is 0 Å². The Bertz CT molecular complexity index is 387. The molecule has 0 fully saturated rings. The Labute approximate surface area is 114 Å². The van der Waals surface area contributed by atoms with Crippen molar-refractivity contribution in [2.24, 2.45) is 0 Å². The lowest BCUT2D eigenvalue weighted by Crippen LogP contribution is -2.18. The summed E-state index contributed by atoms with van der Waals surface area (Å²) in [7, 11) is 0. The normalized spacial score (nSPS) is 9.95. The summed E-state index contributed by atoms with van der Waals surface area (Å²) in [4.78, 5) is 11.1. The maximum Gasteiger partial charge on any atom is 0.307 e. The van der Waals surface area contributed by atoms with Crippen LogP contribution in [0.15, 0.2) is 36.9 Å². The zero-order valence-electron chi connectivity index (χ0n) is 11.4. The number of nitrogens with one attached hydrogen (secondary N) is 1. The zero-order valence-corrected chi connectivity index (χ0v) is 11.4. The van der Waals surface area contributed by atoms with Crippen LogP contribution in [0.3, 0.4) is 0 Å². The molecular formula is C15H21NO3. The molecule has 0 spiro atoms. The van der Waals surface area contributed by atoms with Crippen LogP contribution in [-0.2, 0) is 16.1 Å². The first-order valence-corrected chi connectivity index (χ1v) is 6.45. The Morgan fingerprint density at radius 1 is 1.37 bits per heavy atom. The van der Waals surface area contributed by atoms with E-state index in [2.05, 4.69) is 11.9 Å². The molecule has 0 aliphatic rings. The summed E-state index contributed by atoms with van der Waals surface area (Å²) < 4.78 is 10.2. The highest BCUT2D eigenvalue weighted by Gasteiger charge is 2.00. The predicted octanol–water partition coefficient (Wildman–Crippen LogP) is 2.29. The number of rotatable bonds is 9. The monoisotopic (exact) mass is 263 g/mol. The summed E-state index contributed by atoms with van der Waals surface area (Å²) in [6.07, 6.45) is 2.11. The van der Waals surface area contributed by atoms with Gasteiger partial charge in [-0.1, -0.05) is 24.8 Å². The van der Waals surface area contributed by atoms with Crippen LogP contribution >= 0.6 is 0 Å². The molecular weight excluding hydrogens is 242 g/mol. The van der Waals surface area contributed by atoms with Gasteiger partial charge in [-0.05, 0) is 24.6 Å². The summed E-state index contributed by atoms with van der Waals surface area (Å²) in [5.41, 5.74) is 1.15. The first-order chi connectivity index (χ1) is 9.26. The first-order valence-electron chi connectivity index (χ1n) is 6.45. The predicted molar refractivity (Wildman–Crippen MR) is 75.1 cm³/mol. The Balaban J connectivity index is 2.22. The van der Waals surface area contributed by atoms with Gasteiger partial charge in [0.2, 0.25) is 0 Å². The summed E-state index contributed by atoms with van der Waals surface area (Å²) in [6, 6.07) is 7.84. The highest BCUT2D eigenvalue weighted by Crippen LogP contribution is 2.11. The highest BCUT2D eigenvalue weighted by atomic mass is 16.5. The van der Waals surface area contributed by atoms with Crippen LogP contribution in [0.1, 0.15) is 18.9 Å². The molecule has 0 unspecified atom stereocenters. The average Bonchev–Trinajstić information content (AvgIpc) is 2.43. The van der Waals surface area contributed by atoms with Crippen LogP contribution in [0, 0.1) is 0 Å². The molecule has 0 saturated heterocycles. The summed E-state index contributed by atoms with van der Waals surface area (Å²) in [6.45, 7) is 7.69. The molecule has 19 heavy (non-hydrogen) atoms. The summed E-state index contributed by atoms with van der Waals surface area (Å²) in [5.74, 6) is 0.665. The molecule has 0 saturated carbocycles. The average molecular weight is 263 g/mol. The molecule has 0 aliphatic heterocycles. The quantitative estimate of drug-likeness (QED) is 0.422. The first kappa shape index (κ1) is 15.2. The molecule has 0 atom stereocenters. The Kier molecular flexibility index (Phi) is 7.35. The van der Waals surface area contributed by atoms with Crippen LogP contribution < -0.4 is 10.1 Å². The highest BCUT2D eigenvalue weighted by molar-refractivity contribution is 5.69. The zero-order chi connectivity index (χ0) is 13.9. The molecule has 0 aliphatic carbocycles. The van der Waals surface area contributed by atoms with Crippen molar-refractivity contribution in [1.29, 1.82) is 0 Å². The van der Waals surface area contributed by atoms with Crippen LogP contribution in [0.4, 0.5) is 0 Å². The lowest BCUT2D eigenvalue weighted by atomic mass is 10.2. The maximum atomic E-state index is 11.1. The molecule has 1 aromatic carbocycles. The molecule has 1 N–H and O–H groups in total. The lowest BCUT2D eigenvalue weighted by Gasteiger charge is -2.07. The number of esters is 1. The number of hydrogen-bond acceptors (Lipinski definition) is 4. The number of ether oxygens (including phenoxy) is 2. The van der Waals surface area contributed by atoms with Crippen molar-refractivity contribution >= 4 is 5.97 Å². The topological polar surface area (TPSA) is 47.6 Å². The SMILES string of the molecule is C=CCOc1ccc(CNCCC(=O)OCC)cc1. The third-order valence-corrected chi connectivity index (χ3v) is 2.43. The van der Waals surface area contributed by atoms with Gasteiger partial charge in [0.05, 0.1) is 13.0 Å². The fraction of sp³-hybridized carbons (Fsp3) is 0.400. The largest absolute Gasteiger partial charge is 0.490 e. The molecule has 0 aromatic heterocycles. The third-order valence-electron chi connectivity index (χ3n) is 2.43. The van der Waals surface area contributed by atoms with Gasteiger partial charge in [-0.2, -0.15) is 0 Å². The fourth-order valence-electron chi connectivity index (χ4n) is 1.52. The van der Waals surface area contributed by atoms with E-state index in [0.717, 1.165) is 17.9 Å². The number of carbonyl (C=O) groups excluding carboxylic acids is 1. The van der Waals surface area contributed by atoms with Crippen LogP contribution in [0.5, 0.6) is 5.75 Å². The van der Waals surface area contributed by atoms with Crippen molar-refractivity contribution < 1.29 is 14.3 Å². The Hall–Kier alpha value is -1.81. The minimum atomic E-state index is -0.164. The number of benzene rings is 1. The molecule has 1 rings (SSSR count). The summed E-state index contributed by atoms with van der Waals surface area (Å²) in [5, 5.41) is 3.20. The van der Waals surface area contributed by atoms with Crippen molar-refractivity contribution in [2.75, 3.05) is 19.8 Å². The van der Waals surface area contributed by atoms with Gasteiger partial charge in [-0.15, -0.1) is 0 Å². The van der Waals surface area contributed by atoms with Gasteiger partial charge in [0.15, 0.2) is 0 Å². The maximum absolute atomic E-state index is 11.1. The third kappa shape index (κ3) is 6.62. The van der Waals surface area contributed by atoms with Crippen molar-refractivity contribution in [3.05, 3.63) is 42.5 Å². The molecule has 4 heteroatoms. The van der Waals surface area contributed by atoms with E-state index < -0.39 is 0 Å². The van der Waals surface area contributed by atoms with Crippen LogP contribution in [-0.4, -0.2) is 25.7 Å². The van der Waals surface area contributed by atoms with Gasteiger partial charge in [-0.3, -0.25) is 4.79 Å². The molecule has 1 aromatic rings. The van der Waals surface area contributed by atoms with E-state index in [1.54, 1.807) is 13.0 Å². The number of hydrogen-bond donors (Lipinski definition) is 1. The van der Waals surface area contributed by atoms with Crippen molar-refractivity contribution in [3.63, 3.8) is 0 Å². The lowest BCUT2D eigenvalue weighted by molar-refractivity contribution is -0.142. The smallest absolute Gasteiger partial charge is 0.307 e. The van der Waals surface area contributed by atoms with Crippen molar-refractivity contribution in [2.45, 2.75) is 19.9 Å². The second-order valence-electron chi connectivity index (χ2n) is 3.98. The molecule has 0 heterocycles. The van der Waals surface area contributed by atoms with E-state index >= 15 is 0 Å².